The maximum atomic E-state index is 11.5. The summed E-state index contributed by atoms with van der Waals surface area (Å²) in [6, 6.07) is 0.552. The molecule has 0 spiro atoms. The number of fused-ring (bicyclic) bond motifs is 5. The SMILES string of the molecule is COC(=O)C1CCC2CCC(C1)NC2. The summed E-state index contributed by atoms with van der Waals surface area (Å²) in [4.78, 5) is 11.5. The number of carbonyl (C=O) groups excluding carboxylic acids is 1. The summed E-state index contributed by atoms with van der Waals surface area (Å²) < 4.78 is 4.83. The summed E-state index contributed by atoms with van der Waals surface area (Å²) in [6.45, 7) is 1.15. The summed E-state index contributed by atoms with van der Waals surface area (Å²) in [7, 11) is 1.49. The number of methoxy groups -OCH3 is 1. The second-order valence-electron chi connectivity index (χ2n) is 4.58. The highest BCUT2D eigenvalue weighted by Crippen LogP contribution is 2.30. The van der Waals surface area contributed by atoms with Crippen LogP contribution in [-0.2, 0) is 9.53 Å². The van der Waals surface area contributed by atoms with Crippen molar-refractivity contribution in [2.45, 2.75) is 38.1 Å². The smallest absolute Gasteiger partial charge is 0.308 e. The molecule has 1 aliphatic carbocycles. The average molecular weight is 197 g/mol. The molecule has 3 aliphatic rings. The molecule has 0 amide bonds. The minimum absolute atomic E-state index is 0.0145. The van der Waals surface area contributed by atoms with E-state index in [-0.39, 0.29) is 11.9 Å². The van der Waals surface area contributed by atoms with E-state index in [4.69, 9.17) is 4.74 Å². The van der Waals surface area contributed by atoms with Gasteiger partial charge >= 0.3 is 5.97 Å². The molecule has 0 aromatic rings. The fourth-order valence-electron chi connectivity index (χ4n) is 2.70. The van der Waals surface area contributed by atoms with E-state index in [1.165, 1.54) is 26.4 Å². The van der Waals surface area contributed by atoms with Gasteiger partial charge in [-0.05, 0) is 44.6 Å². The van der Waals surface area contributed by atoms with Gasteiger partial charge in [-0.15, -0.1) is 0 Å². The Kier molecular flexibility index (Phi) is 3.06. The molecule has 0 aromatic carbocycles. The second kappa shape index (κ2) is 4.30. The third-order valence-electron chi connectivity index (χ3n) is 3.65. The van der Waals surface area contributed by atoms with Gasteiger partial charge in [0, 0.05) is 6.04 Å². The zero-order valence-corrected chi connectivity index (χ0v) is 8.79. The zero-order valence-electron chi connectivity index (χ0n) is 8.79. The zero-order chi connectivity index (χ0) is 9.97. The first-order valence-electron chi connectivity index (χ1n) is 5.61. The Morgan fingerprint density at radius 3 is 2.71 bits per heavy atom. The minimum Gasteiger partial charge on any atom is -0.469 e. The highest BCUT2D eigenvalue weighted by atomic mass is 16.5. The largest absolute Gasteiger partial charge is 0.469 e. The molecule has 2 saturated heterocycles. The van der Waals surface area contributed by atoms with Crippen molar-refractivity contribution in [1.82, 2.24) is 5.32 Å². The molecule has 80 valence electrons. The number of nitrogens with one attached hydrogen (secondary N) is 1. The van der Waals surface area contributed by atoms with E-state index in [0.717, 1.165) is 25.3 Å². The van der Waals surface area contributed by atoms with E-state index in [0.29, 0.717) is 6.04 Å². The van der Waals surface area contributed by atoms with Crippen LogP contribution in [0, 0.1) is 11.8 Å². The molecule has 2 bridgehead atoms. The highest BCUT2D eigenvalue weighted by molar-refractivity contribution is 5.72. The van der Waals surface area contributed by atoms with Crippen molar-refractivity contribution in [2.75, 3.05) is 13.7 Å². The lowest BCUT2D eigenvalue weighted by Crippen LogP contribution is -2.43. The fourth-order valence-corrected chi connectivity index (χ4v) is 2.70. The van der Waals surface area contributed by atoms with Crippen LogP contribution >= 0.6 is 0 Å². The van der Waals surface area contributed by atoms with E-state index >= 15 is 0 Å². The Morgan fingerprint density at radius 1 is 1.29 bits per heavy atom. The number of rotatable bonds is 1. The lowest BCUT2D eigenvalue weighted by molar-refractivity contribution is -0.146. The van der Waals surface area contributed by atoms with Crippen molar-refractivity contribution >= 4 is 5.97 Å². The lowest BCUT2D eigenvalue weighted by atomic mass is 9.80. The molecule has 3 atom stereocenters. The van der Waals surface area contributed by atoms with Crippen molar-refractivity contribution in [1.29, 1.82) is 0 Å². The minimum atomic E-state index is -0.0145. The maximum absolute atomic E-state index is 11.5. The van der Waals surface area contributed by atoms with Crippen LogP contribution in [0.2, 0.25) is 0 Å². The molecule has 1 saturated carbocycles. The molecular formula is C11H19NO2. The van der Waals surface area contributed by atoms with E-state index < -0.39 is 0 Å². The number of esters is 1. The van der Waals surface area contributed by atoms with Gasteiger partial charge in [0.05, 0.1) is 13.0 Å². The Morgan fingerprint density at radius 2 is 2.07 bits per heavy atom. The van der Waals surface area contributed by atoms with Gasteiger partial charge in [0.15, 0.2) is 0 Å². The van der Waals surface area contributed by atoms with Gasteiger partial charge < -0.3 is 10.1 Å². The number of hydrogen-bond acceptors (Lipinski definition) is 3. The van der Waals surface area contributed by atoms with Crippen LogP contribution < -0.4 is 5.32 Å². The molecule has 1 N–H and O–H groups in total. The monoisotopic (exact) mass is 197 g/mol. The Balaban J connectivity index is 1.98. The van der Waals surface area contributed by atoms with Crippen molar-refractivity contribution in [2.24, 2.45) is 11.8 Å². The molecule has 3 rings (SSSR count). The van der Waals surface area contributed by atoms with Crippen molar-refractivity contribution < 1.29 is 9.53 Å². The summed E-state index contributed by atoms with van der Waals surface area (Å²) in [5.41, 5.74) is 0. The molecular weight excluding hydrogens is 178 g/mol. The molecule has 0 radical (unpaired) electrons. The molecule has 3 heteroatoms. The summed E-state index contributed by atoms with van der Waals surface area (Å²) in [5, 5.41) is 3.52. The van der Waals surface area contributed by atoms with Gasteiger partial charge in [-0.3, -0.25) is 4.79 Å². The first-order chi connectivity index (χ1) is 6.79. The van der Waals surface area contributed by atoms with E-state index in [2.05, 4.69) is 5.32 Å². The molecule has 2 heterocycles. The quantitative estimate of drug-likeness (QED) is 0.644. The first kappa shape index (κ1) is 9.97. The van der Waals surface area contributed by atoms with Gasteiger partial charge in [-0.1, -0.05) is 0 Å². The summed E-state index contributed by atoms with van der Waals surface area (Å²) >= 11 is 0. The molecule has 3 fully saturated rings. The Labute approximate surface area is 85.2 Å². The van der Waals surface area contributed by atoms with E-state index in [1.54, 1.807) is 0 Å². The predicted molar refractivity (Wildman–Crippen MR) is 53.9 cm³/mol. The molecule has 3 unspecified atom stereocenters. The predicted octanol–water partition coefficient (Wildman–Crippen LogP) is 1.33. The number of carbonyl (C=O) groups is 1. The second-order valence-corrected chi connectivity index (χ2v) is 4.58. The number of piperidine rings is 1. The third-order valence-corrected chi connectivity index (χ3v) is 3.65. The van der Waals surface area contributed by atoms with Crippen molar-refractivity contribution in [3.8, 4) is 0 Å². The molecule has 3 nitrogen and oxygen atoms in total. The van der Waals surface area contributed by atoms with E-state index in [1.807, 2.05) is 0 Å². The van der Waals surface area contributed by atoms with Crippen molar-refractivity contribution in [3.05, 3.63) is 0 Å². The van der Waals surface area contributed by atoms with Crippen LogP contribution in [0.5, 0.6) is 0 Å². The normalized spacial score (nSPS) is 37.4. The third kappa shape index (κ3) is 2.08. The van der Waals surface area contributed by atoms with Gasteiger partial charge in [0.25, 0.3) is 0 Å². The fraction of sp³-hybridized carbons (Fsp3) is 0.909. The summed E-state index contributed by atoms with van der Waals surface area (Å²) in [5.74, 6) is 0.915. The van der Waals surface area contributed by atoms with Gasteiger partial charge in [0.1, 0.15) is 0 Å². The van der Waals surface area contributed by atoms with Crippen LogP contribution in [0.3, 0.4) is 0 Å². The molecule has 0 aromatic heterocycles. The van der Waals surface area contributed by atoms with Crippen LogP contribution in [-0.4, -0.2) is 25.7 Å². The highest BCUT2D eigenvalue weighted by Gasteiger charge is 2.31. The van der Waals surface area contributed by atoms with Crippen LogP contribution in [0.15, 0.2) is 0 Å². The standard InChI is InChI=1S/C11H19NO2/c1-14-11(13)9-4-2-8-3-5-10(6-9)12-7-8/h8-10,12H,2-7H2,1H3. The maximum Gasteiger partial charge on any atom is 0.308 e. The van der Waals surface area contributed by atoms with Crippen LogP contribution in [0.4, 0.5) is 0 Å². The van der Waals surface area contributed by atoms with Gasteiger partial charge in [0.2, 0.25) is 0 Å². The first-order valence-corrected chi connectivity index (χ1v) is 5.61. The van der Waals surface area contributed by atoms with Crippen molar-refractivity contribution in [3.63, 3.8) is 0 Å². The lowest BCUT2D eigenvalue weighted by Gasteiger charge is -2.35. The average Bonchev–Trinajstić information content (AvgIpc) is 2.18. The Hall–Kier alpha value is -0.570. The van der Waals surface area contributed by atoms with Crippen LogP contribution in [0.1, 0.15) is 32.1 Å². The van der Waals surface area contributed by atoms with Gasteiger partial charge in [-0.2, -0.15) is 0 Å². The van der Waals surface area contributed by atoms with Gasteiger partial charge in [-0.25, -0.2) is 0 Å². The molecule has 14 heavy (non-hydrogen) atoms. The van der Waals surface area contributed by atoms with Crippen LogP contribution in [0.25, 0.3) is 0 Å². The number of ether oxygens (including phenoxy) is 1. The topological polar surface area (TPSA) is 38.3 Å². The number of hydrogen-bond donors (Lipinski definition) is 1. The summed E-state index contributed by atoms with van der Waals surface area (Å²) in [6.07, 6.45) is 5.75. The Bertz CT molecular complexity index is 209. The molecule has 2 aliphatic heterocycles. The van der Waals surface area contributed by atoms with E-state index in [9.17, 15) is 4.79 Å².